The summed E-state index contributed by atoms with van der Waals surface area (Å²) < 4.78 is 0. The Hall–Kier alpha value is -2.60. The average molecular weight is 413 g/mol. The third-order valence-corrected chi connectivity index (χ3v) is 5.91. The Kier molecular flexibility index (Phi) is 5.72. The Morgan fingerprint density at radius 2 is 1.83 bits per heavy atom. The summed E-state index contributed by atoms with van der Waals surface area (Å²) in [5, 5.41) is 0.614. The lowest BCUT2D eigenvalue weighted by Crippen LogP contribution is -2.50. The molecular formula is C22H25ClN4O2. The van der Waals surface area contributed by atoms with Crippen molar-refractivity contribution in [2.75, 3.05) is 37.6 Å². The summed E-state index contributed by atoms with van der Waals surface area (Å²) in [6.07, 6.45) is 1.95. The molecule has 4 rings (SSSR count). The maximum absolute atomic E-state index is 13.0. The molecular weight excluding hydrogens is 388 g/mol. The molecule has 7 heteroatoms. The topological polar surface area (TPSA) is 56.8 Å². The number of piperazine rings is 1. The number of nitrogens with zero attached hydrogens (tertiary/aromatic N) is 4. The van der Waals surface area contributed by atoms with Gasteiger partial charge in [-0.15, -0.1) is 0 Å². The number of rotatable bonds is 4. The highest BCUT2D eigenvalue weighted by Gasteiger charge is 2.37. The van der Waals surface area contributed by atoms with Crippen molar-refractivity contribution >= 4 is 29.2 Å². The zero-order valence-electron chi connectivity index (χ0n) is 16.6. The Labute approximate surface area is 176 Å². The number of likely N-dealkylation sites (tertiary alicyclic amines) is 1. The number of aryl methyl sites for hydroxylation is 1. The van der Waals surface area contributed by atoms with E-state index in [2.05, 4.69) is 9.88 Å². The molecule has 0 aliphatic carbocycles. The quantitative estimate of drug-likeness (QED) is 0.774. The molecule has 2 aliphatic heterocycles. The highest BCUT2D eigenvalue weighted by Crippen LogP contribution is 2.24. The van der Waals surface area contributed by atoms with E-state index in [1.54, 1.807) is 11.1 Å². The first-order chi connectivity index (χ1) is 14.0. The van der Waals surface area contributed by atoms with Gasteiger partial charge in [0.15, 0.2) is 0 Å². The van der Waals surface area contributed by atoms with Crippen LogP contribution in [0.15, 0.2) is 42.6 Å². The van der Waals surface area contributed by atoms with Crippen LogP contribution in [0.3, 0.4) is 0 Å². The van der Waals surface area contributed by atoms with E-state index in [1.807, 2.05) is 48.2 Å². The molecule has 2 fully saturated rings. The molecule has 3 heterocycles. The van der Waals surface area contributed by atoms with Crippen LogP contribution < -0.4 is 4.90 Å². The molecule has 2 aromatic rings. The van der Waals surface area contributed by atoms with Crippen LogP contribution in [0.5, 0.6) is 0 Å². The summed E-state index contributed by atoms with van der Waals surface area (Å²) in [4.78, 5) is 35.6. The van der Waals surface area contributed by atoms with Crippen LogP contribution in [0, 0.1) is 12.8 Å². The van der Waals surface area contributed by atoms with E-state index in [4.69, 9.17) is 11.6 Å². The molecule has 2 saturated heterocycles. The molecule has 0 spiro atoms. The summed E-state index contributed by atoms with van der Waals surface area (Å²) in [7, 11) is 0. The highest BCUT2D eigenvalue weighted by atomic mass is 35.5. The summed E-state index contributed by atoms with van der Waals surface area (Å²) in [5.74, 6) is 0.788. The lowest BCUT2D eigenvalue weighted by molar-refractivity contribution is -0.136. The number of anilines is 1. The Balaban J connectivity index is 1.31. The summed E-state index contributed by atoms with van der Waals surface area (Å²) in [6.45, 7) is 5.87. The number of hydrogen-bond donors (Lipinski definition) is 0. The number of aromatic nitrogens is 1. The third kappa shape index (κ3) is 4.53. The zero-order valence-corrected chi connectivity index (χ0v) is 17.3. The molecule has 2 aliphatic rings. The SMILES string of the molecule is Cc1ccc(CN2CC(C(=O)N3CCN(c4ccc(Cl)cn4)CC3)CC2=O)cc1. The Bertz CT molecular complexity index is 877. The molecule has 0 bridgehead atoms. The van der Waals surface area contributed by atoms with Crippen molar-refractivity contribution in [1.82, 2.24) is 14.8 Å². The van der Waals surface area contributed by atoms with Crippen LogP contribution in [0.25, 0.3) is 0 Å². The van der Waals surface area contributed by atoms with Gasteiger partial charge in [-0.25, -0.2) is 4.98 Å². The van der Waals surface area contributed by atoms with Crippen molar-refractivity contribution < 1.29 is 9.59 Å². The van der Waals surface area contributed by atoms with Gasteiger partial charge in [0.1, 0.15) is 5.82 Å². The minimum Gasteiger partial charge on any atom is -0.353 e. The van der Waals surface area contributed by atoms with Crippen molar-refractivity contribution in [2.24, 2.45) is 5.92 Å². The number of hydrogen-bond acceptors (Lipinski definition) is 4. The van der Waals surface area contributed by atoms with E-state index < -0.39 is 0 Å². The molecule has 0 saturated carbocycles. The van der Waals surface area contributed by atoms with Gasteiger partial charge in [-0.1, -0.05) is 41.4 Å². The maximum Gasteiger partial charge on any atom is 0.228 e. The monoisotopic (exact) mass is 412 g/mol. The van der Waals surface area contributed by atoms with Gasteiger partial charge in [0, 0.05) is 51.9 Å². The van der Waals surface area contributed by atoms with Gasteiger partial charge in [0.25, 0.3) is 0 Å². The molecule has 29 heavy (non-hydrogen) atoms. The number of halogens is 1. The average Bonchev–Trinajstić information content (AvgIpc) is 3.10. The number of carbonyl (C=O) groups is 2. The predicted molar refractivity (Wildman–Crippen MR) is 113 cm³/mol. The van der Waals surface area contributed by atoms with Crippen LogP contribution in [0.2, 0.25) is 5.02 Å². The van der Waals surface area contributed by atoms with Crippen LogP contribution in [-0.2, 0) is 16.1 Å². The minimum atomic E-state index is -0.242. The van der Waals surface area contributed by atoms with Crippen LogP contribution in [0.4, 0.5) is 5.82 Å². The van der Waals surface area contributed by atoms with Gasteiger partial charge in [0.2, 0.25) is 11.8 Å². The fourth-order valence-electron chi connectivity index (χ4n) is 3.97. The van der Waals surface area contributed by atoms with E-state index in [0.29, 0.717) is 37.6 Å². The van der Waals surface area contributed by atoms with Gasteiger partial charge >= 0.3 is 0 Å². The van der Waals surface area contributed by atoms with Crippen LogP contribution in [0.1, 0.15) is 17.5 Å². The standard InChI is InChI=1S/C22H25ClN4O2/c1-16-2-4-17(5-3-16)14-27-15-18(12-21(27)28)22(29)26-10-8-25(9-11-26)20-7-6-19(23)13-24-20/h2-7,13,18H,8-12,14-15H2,1H3. The Morgan fingerprint density at radius 1 is 1.10 bits per heavy atom. The lowest BCUT2D eigenvalue weighted by Gasteiger charge is -2.36. The second kappa shape index (κ2) is 8.41. The third-order valence-electron chi connectivity index (χ3n) is 5.68. The van der Waals surface area contributed by atoms with Crippen molar-refractivity contribution in [3.05, 3.63) is 58.7 Å². The van der Waals surface area contributed by atoms with E-state index in [1.165, 1.54) is 5.56 Å². The molecule has 152 valence electrons. The summed E-state index contributed by atoms with van der Waals surface area (Å²) >= 11 is 5.90. The first kappa shape index (κ1) is 19.7. The first-order valence-electron chi connectivity index (χ1n) is 9.98. The van der Waals surface area contributed by atoms with E-state index in [0.717, 1.165) is 24.5 Å². The number of amides is 2. The molecule has 6 nitrogen and oxygen atoms in total. The van der Waals surface area contributed by atoms with Crippen molar-refractivity contribution in [2.45, 2.75) is 19.9 Å². The smallest absolute Gasteiger partial charge is 0.228 e. The molecule has 1 aromatic heterocycles. The van der Waals surface area contributed by atoms with Crippen LogP contribution in [-0.4, -0.2) is 59.3 Å². The van der Waals surface area contributed by atoms with E-state index in [-0.39, 0.29) is 17.7 Å². The van der Waals surface area contributed by atoms with E-state index >= 15 is 0 Å². The van der Waals surface area contributed by atoms with Crippen LogP contribution >= 0.6 is 11.6 Å². The molecule has 1 aromatic carbocycles. The highest BCUT2D eigenvalue weighted by molar-refractivity contribution is 6.30. The van der Waals surface area contributed by atoms with Gasteiger partial charge < -0.3 is 14.7 Å². The predicted octanol–water partition coefficient (Wildman–Crippen LogP) is 2.74. The number of pyridine rings is 1. The van der Waals surface area contributed by atoms with Gasteiger partial charge in [-0.05, 0) is 24.6 Å². The normalized spacial score (nSPS) is 19.7. The first-order valence-corrected chi connectivity index (χ1v) is 10.4. The van der Waals surface area contributed by atoms with Gasteiger partial charge in [-0.2, -0.15) is 0 Å². The fraction of sp³-hybridized carbons (Fsp3) is 0.409. The molecule has 2 amide bonds. The Morgan fingerprint density at radius 3 is 2.48 bits per heavy atom. The van der Waals surface area contributed by atoms with E-state index in [9.17, 15) is 9.59 Å². The molecule has 1 atom stereocenters. The number of carbonyl (C=O) groups excluding carboxylic acids is 2. The molecule has 0 N–H and O–H groups in total. The summed E-state index contributed by atoms with van der Waals surface area (Å²) in [6, 6.07) is 11.9. The second-order valence-corrected chi connectivity index (χ2v) is 8.24. The van der Waals surface area contributed by atoms with Gasteiger partial charge in [0.05, 0.1) is 10.9 Å². The summed E-state index contributed by atoms with van der Waals surface area (Å²) in [5.41, 5.74) is 2.30. The number of benzene rings is 1. The van der Waals surface area contributed by atoms with Gasteiger partial charge in [-0.3, -0.25) is 9.59 Å². The second-order valence-electron chi connectivity index (χ2n) is 7.81. The van der Waals surface area contributed by atoms with Crippen molar-refractivity contribution in [3.63, 3.8) is 0 Å². The molecule has 1 unspecified atom stereocenters. The van der Waals surface area contributed by atoms with Crippen molar-refractivity contribution in [1.29, 1.82) is 0 Å². The fourth-order valence-corrected chi connectivity index (χ4v) is 4.09. The minimum absolute atomic E-state index is 0.0629. The maximum atomic E-state index is 13.0. The zero-order chi connectivity index (χ0) is 20.4. The molecule has 0 radical (unpaired) electrons. The van der Waals surface area contributed by atoms with Crippen molar-refractivity contribution in [3.8, 4) is 0 Å². The largest absolute Gasteiger partial charge is 0.353 e. The lowest BCUT2D eigenvalue weighted by atomic mass is 10.1.